The van der Waals surface area contributed by atoms with Crippen molar-refractivity contribution < 1.29 is 9.47 Å². The lowest BCUT2D eigenvalue weighted by atomic mass is 10.2. The van der Waals surface area contributed by atoms with E-state index >= 15 is 0 Å². The third kappa shape index (κ3) is 4.82. The summed E-state index contributed by atoms with van der Waals surface area (Å²) < 4.78 is 11.3. The van der Waals surface area contributed by atoms with Crippen LogP contribution in [0.3, 0.4) is 0 Å². The van der Waals surface area contributed by atoms with Crippen LogP contribution in [0.5, 0.6) is 11.5 Å². The average Bonchev–Trinajstić information content (AvgIpc) is 2.28. The summed E-state index contributed by atoms with van der Waals surface area (Å²) >= 11 is 3.27. The Morgan fingerprint density at radius 1 is 1.24 bits per heavy atom. The van der Waals surface area contributed by atoms with E-state index in [-0.39, 0.29) is 0 Å². The van der Waals surface area contributed by atoms with E-state index in [1.54, 1.807) is 0 Å². The Morgan fingerprint density at radius 2 is 2.00 bits per heavy atom. The van der Waals surface area contributed by atoms with E-state index in [9.17, 15) is 0 Å². The van der Waals surface area contributed by atoms with Gasteiger partial charge in [0.25, 0.3) is 0 Å². The highest BCUT2D eigenvalue weighted by Crippen LogP contribution is 2.29. The lowest BCUT2D eigenvalue weighted by Gasteiger charge is -2.13. The molecule has 0 amide bonds. The van der Waals surface area contributed by atoms with Crippen LogP contribution in [0.1, 0.15) is 26.3 Å². The fraction of sp³-hybridized carbons (Fsp3) is 0.429. The van der Waals surface area contributed by atoms with Crippen LogP contribution in [-0.4, -0.2) is 13.2 Å². The van der Waals surface area contributed by atoms with Gasteiger partial charge in [-0.05, 0) is 41.6 Å². The Morgan fingerprint density at radius 3 is 2.59 bits per heavy atom. The maximum absolute atomic E-state index is 5.72. The Bertz CT molecular complexity index is 372. The van der Waals surface area contributed by atoms with Gasteiger partial charge in [0, 0.05) is 0 Å². The predicted octanol–water partition coefficient (Wildman–Crippen LogP) is 4.49. The van der Waals surface area contributed by atoms with Gasteiger partial charge in [-0.25, -0.2) is 0 Å². The molecular weight excluding hydrogens is 280 g/mol. The van der Waals surface area contributed by atoms with E-state index < -0.39 is 0 Å². The molecule has 0 saturated heterocycles. The molecule has 2 nitrogen and oxygen atoms in total. The maximum atomic E-state index is 5.72. The van der Waals surface area contributed by atoms with Crippen molar-refractivity contribution in [3.63, 3.8) is 0 Å². The van der Waals surface area contributed by atoms with Crippen molar-refractivity contribution in [1.82, 2.24) is 0 Å². The molecule has 17 heavy (non-hydrogen) atoms. The first-order chi connectivity index (χ1) is 8.17. The Balaban J connectivity index is 2.87. The minimum Gasteiger partial charge on any atom is -0.490 e. The van der Waals surface area contributed by atoms with Crippen LogP contribution in [0.2, 0.25) is 0 Å². The van der Waals surface area contributed by atoms with Crippen LogP contribution in [0, 0.1) is 5.92 Å². The highest BCUT2D eigenvalue weighted by Gasteiger charge is 2.06. The van der Waals surface area contributed by atoms with E-state index in [2.05, 4.69) is 29.8 Å². The van der Waals surface area contributed by atoms with E-state index in [0.29, 0.717) is 19.1 Å². The Kier molecular flexibility index (Phi) is 6.12. The molecule has 0 aliphatic carbocycles. The second-order valence-electron chi connectivity index (χ2n) is 4.14. The van der Waals surface area contributed by atoms with Crippen LogP contribution in [-0.2, 0) is 0 Å². The van der Waals surface area contributed by atoms with Gasteiger partial charge < -0.3 is 9.47 Å². The van der Waals surface area contributed by atoms with E-state index in [1.165, 1.54) is 0 Å². The van der Waals surface area contributed by atoms with Gasteiger partial charge in [-0.2, -0.15) is 0 Å². The zero-order valence-electron chi connectivity index (χ0n) is 10.6. The summed E-state index contributed by atoms with van der Waals surface area (Å²) in [4.78, 5) is 1.83. The van der Waals surface area contributed by atoms with Crippen LogP contribution in [0.15, 0.2) is 23.2 Å². The van der Waals surface area contributed by atoms with Crippen molar-refractivity contribution >= 4 is 22.0 Å². The van der Waals surface area contributed by atoms with Crippen molar-refractivity contribution in [3.8, 4) is 11.5 Å². The van der Waals surface area contributed by atoms with Crippen LogP contribution >= 0.6 is 15.9 Å². The maximum Gasteiger partial charge on any atom is 0.161 e. The molecule has 0 aromatic heterocycles. The van der Waals surface area contributed by atoms with E-state index in [0.717, 1.165) is 17.1 Å². The molecule has 0 aliphatic rings. The lowest BCUT2D eigenvalue weighted by Crippen LogP contribution is -2.06. The molecule has 0 radical (unpaired) electrons. The molecule has 0 N–H and O–H groups in total. The molecule has 0 aliphatic heterocycles. The second kappa shape index (κ2) is 7.38. The van der Waals surface area contributed by atoms with E-state index in [1.807, 2.05) is 36.2 Å². The molecule has 1 aromatic rings. The van der Waals surface area contributed by atoms with Gasteiger partial charge in [0.1, 0.15) is 0 Å². The third-order valence-electron chi connectivity index (χ3n) is 2.10. The van der Waals surface area contributed by atoms with Gasteiger partial charge in [-0.15, -0.1) is 0 Å². The van der Waals surface area contributed by atoms with Gasteiger partial charge in [0.2, 0.25) is 0 Å². The number of halogens is 1. The minimum absolute atomic E-state index is 0.506. The Hall–Kier alpha value is -0.960. The number of ether oxygens (including phenoxy) is 2. The second-order valence-corrected chi connectivity index (χ2v) is 4.67. The molecule has 0 heterocycles. The predicted molar refractivity (Wildman–Crippen MR) is 75.9 cm³/mol. The topological polar surface area (TPSA) is 18.5 Å². The summed E-state index contributed by atoms with van der Waals surface area (Å²) in [5.41, 5.74) is 1.09. The SMILES string of the molecule is CCOc1cc(/C=C/Br)ccc1OCC(C)C. The fourth-order valence-electron chi connectivity index (χ4n) is 1.35. The van der Waals surface area contributed by atoms with Gasteiger partial charge in [0.15, 0.2) is 11.5 Å². The van der Waals surface area contributed by atoms with Gasteiger partial charge in [0.05, 0.1) is 13.2 Å². The molecule has 0 saturated carbocycles. The van der Waals surface area contributed by atoms with Gasteiger partial charge >= 0.3 is 0 Å². The first-order valence-corrected chi connectivity index (χ1v) is 6.75. The molecule has 1 rings (SSSR count). The normalized spacial score (nSPS) is 11.1. The van der Waals surface area contributed by atoms with Gasteiger partial charge in [-0.3, -0.25) is 0 Å². The van der Waals surface area contributed by atoms with Crippen molar-refractivity contribution in [2.45, 2.75) is 20.8 Å². The molecule has 1 aromatic carbocycles. The highest BCUT2D eigenvalue weighted by molar-refractivity contribution is 9.11. The zero-order chi connectivity index (χ0) is 12.7. The number of rotatable bonds is 6. The van der Waals surface area contributed by atoms with E-state index in [4.69, 9.17) is 9.47 Å². The molecule has 3 heteroatoms. The standard InChI is InChI=1S/C14H19BrO2/c1-4-16-14-9-12(7-8-15)5-6-13(14)17-10-11(2)3/h5-9,11H,4,10H2,1-3H3/b8-7+. The van der Waals surface area contributed by atoms with Crippen molar-refractivity contribution in [3.05, 3.63) is 28.7 Å². The average molecular weight is 299 g/mol. The smallest absolute Gasteiger partial charge is 0.161 e. The van der Waals surface area contributed by atoms with Crippen LogP contribution < -0.4 is 9.47 Å². The zero-order valence-corrected chi connectivity index (χ0v) is 12.2. The summed E-state index contributed by atoms with van der Waals surface area (Å²) in [6.45, 7) is 7.57. The number of hydrogen-bond donors (Lipinski definition) is 0. The molecular formula is C14H19BrO2. The molecule has 0 bridgehead atoms. The largest absolute Gasteiger partial charge is 0.490 e. The van der Waals surface area contributed by atoms with Crippen molar-refractivity contribution in [2.24, 2.45) is 5.92 Å². The molecule has 0 atom stereocenters. The summed E-state index contributed by atoms with van der Waals surface area (Å²) in [6, 6.07) is 5.95. The number of hydrogen-bond acceptors (Lipinski definition) is 2. The number of benzene rings is 1. The monoisotopic (exact) mass is 298 g/mol. The van der Waals surface area contributed by atoms with Crippen molar-refractivity contribution in [1.29, 1.82) is 0 Å². The van der Waals surface area contributed by atoms with Crippen LogP contribution in [0.25, 0.3) is 6.08 Å². The molecule has 94 valence electrons. The fourth-order valence-corrected chi connectivity index (χ4v) is 1.65. The first kappa shape index (κ1) is 14.1. The summed E-state index contributed by atoms with van der Waals surface area (Å²) in [7, 11) is 0. The molecule has 0 spiro atoms. The summed E-state index contributed by atoms with van der Waals surface area (Å²) in [6.07, 6.45) is 1.97. The molecule has 0 unspecified atom stereocenters. The quantitative estimate of drug-likeness (QED) is 0.770. The highest BCUT2D eigenvalue weighted by atomic mass is 79.9. The summed E-state index contributed by atoms with van der Waals surface area (Å²) in [5, 5.41) is 0. The third-order valence-corrected chi connectivity index (χ3v) is 2.36. The Labute approximate surface area is 112 Å². The lowest BCUT2D eigenvalue weighted by molar-refractivity contribution is 0.248. The van der Waals surface area contributed by atoms with Gasteiger partial charge in [-0.1, -0.05) is 35.8 Å². The molecule has 0 fully saturated rings. The summed E-state index contributed by atoms with van der Waals surface area (Å²) in [5.74, 6) is 2.12. The van der Waals surface area contributed by atoms with Crippen molar-refractivity contribution in [2.75, 3.05) is 13.2 Å². The van der Waals surface area contributed by atoms with Crippen LogP contribution in [0.4, 0.5) is 0 Å². The first-order valence-electron chi connectivity index (χ1n) is 5.83. The minimum atomic E-state index is 0.506.